The highest BCUT2D eigenvalue weighted by atomic mass is 35.5. The van der Waals surface area contributed by atoms with Crippen LogP contribution in [0.4, 0.5) is 0 Å². The zero-order valence-electron chi connectivity index (χ0n) is 20.5. The number of amides is 1. The summed E-state index contributed by atoms with van der Waals surface area (Å²) in [7, 11) is 0. The fourth-order valence-corrected chi connectivity index (χ4v) is 4.37. The molecule has 0 saturated heterocycles. The highest BCUT2D eigenvalue weighted by Crippen LogP contribution is 2.26. The van der Waals surface area contributed by atoms with Crippen LogP contribution in [0.5, 0.6) is 0 Å². The number of hydrogen-bond donors (Lipinski definition) is 0. The second kappa shape index (κ2) is 10.4. The molecular formula is C29H30ClN3O2. The van der Waals surface area contributed by atoms with Gasteiger partial charge in [-0.25, -0.2) is 4.98 Å². The third-order valence-electron chi connectivity index (χ3n) is 6.31. The summed E-state index contributed by atoms with van der Waals surface area (Å²) in [6, 6.07) is 21.6. The fourth-order valence-electron chi connectivity index (χ4n) is 4.25. The molecule has 4 aromatic rings. The van der Waals surface area contributed by atoms with Crippen LogP contribution < -0.4 is 5.56 Å². The molecule has 0 aliphatic rings. The second-order valence-corrected chi connectivity index (χ2v) is 9.71. The molecule has 0 aliphatic carbocycles. The van der Waals surface area contributed by atoms with Gasteiger partial charge in [-0.1, -0.05) is 55.8 Å². The van der Waals surface area contributed by atoms with E-state index in [-0.39, 0.29) is 11.5 Å². The Morgan fingerprint density at radius 3 is 2.31 bits per heavy atom. The van der Waals surface area contributed by atoms with E-state index in [0.29, 0.717) is 45.5 Å². The van der Waals surface area contributed by atoms with E-state index in [0.717, 1.165) is 12.0 Å². The van der Waals surface area contributed by atoms with Crippen LogP contribution in [-0.4, -0.2) is 26.9 Å². The maximum Gasteiger partial charge on any atom is 0.266 e. The molecule has 0 N–H and O–H groups in total. The van der Waals surface area contributed by atoms with E-state index in [2.05, 4.69) is 13.8 Å². The Morgan fingerprint density at radius 2 is 1.63 bits per heavy atom. The monoisotopic (exact) mass is 487 g/mol. The Morgan fingerprint density at radius 1 is 0.971 bits per heavy atom. The van der Waals surface area contributed by atoms with Crippen LogP contribution in [0.1, 0.15) is 55.0 Å². The van der Waals surface area contributed by atoms with Gasteiger partial charge in [0.2, 0.25) is 0 Å². The number of aryl methyl sites for hydroxylation is 1. The summed E-state index contributed by atoms with van der Waals surface area (Å²) in [6.45, 7) is 8.71. The Kier molecular flexibility index (Phi) is 7.37. The molecule has 0 fully saturated rings. The van der Waals surface area contributed by atoms with Gasteiger partial charge in [0.15, 0.2) is 0 Å². The fraction of sp³-hybridized carbons (Fsp3) is 0.276. The Labute approximate surface area is 211 Å². The molecule has 5 nitrogen and oxygen atoms in total. The molecule has 35 heavy (non-hydrogen) atoms. The van der Waals surface area contributed by atoms with Crippen LogP contribution in [0.3, 0.4) is 0 Å². The number of aromatic nitrogens is 2. The minimum Gasteiger partial charge on any atom is -0.329 e. The summed E-state index contributed by atoms with van der Waals surface area (Å²) in [5.74, 6) is 0.861. The van der Waals surface area contributed by atoms with Gasteiger partial charge in [0, 0.05) is 17.1 Å². The first-order chi connectivity index (χ1) is 16.8. The van der Waals surface area contributed by atoms with E-state index >= 15 is 0 Å². The molecule has 1 aromatic heterocycles. The van der Waals surface area contributed by atoms with Gasteiger partial charge in [-0.15, -0.1) is 0 Å². The zero-order chi connectivity index (χ0) is 25.1. The molecule has 1 atom stereocenters. The van der Waals surface area contributed by atoms with Crippen LogP contribution >= 0.6 is 11.6 Å². The van der Waals surface area contributed by atoms with Crippen molar-refractivity contribution in [1.29, 1.82) is 0 Å². The Hall–Kier alpha value is -3.44. The lowest BCUT2D eigenvalue weighted by molar-refractivity contribution is 0.0670. The van der Waals surface area contributed by atoms with Gasteiger partial charge >= 0.3 is 0 Å². The largest absolute Gasteiger partial charge is 0.329 e. The summed E-state index contributed by atoms with van der Waals surface area (Å²) >= 11 is 6.13. The average molecular weight is 488 g/mol. The van der Waals surface area contributed by atoms with Crippen LogP contribution in [0, 0.1) is 12.8 Å². The second-order valence-electron chi connectivity index (χ2n) is 9.28. The highest BCUT2D eigenvalue weighted by Gasteiger charge is 2.28. The molecule has 0 radical (unpaired) electrons. The van der Waals surface area contributed by atoms with Gasteiger partial charge in [0.05, 0.1) is 22.6 Å². The predicted molar refractivity (Wildman–Crippen MR) is 142 cm³/mol. The first kappa shape index (κ1) is 24.7. The number of carbonyl (C=O) groups excluding carboxylic acids is 1. The highest BCUT2D eigenvalue weighted by molar-refractivity contribution is 6.30. The number of hydrogen-bond acceptors (Lipinski definition) is 3. The number of fused-ring (bicyclic) bond motifs is 1. The van der Waals surface area contributed by atoms with Crippen molar-refractivity contribution in [3.05, 3.63) is 105 Å². The molecule has 6 heteroatoms. The van der Waals surface area contributed by atoms with E-state index in [1.165, 1.54) is 0 Å². The smallest absolute Gasteiger partial charge is 0.266 e. The van der Waals surface area contributed by atoms with Crippen molar-refractivity contribution in [2.75, 3.05) is 6.54 Å². The van der Waals surface area contributed by atoms with Crippen molar-refractivity contribution < 1.29 is 4.79 Å². The summed E-state index contributed by atoms with van der Waals surface area (Å²) in [4.78, 5) is 34.3. The summed E-state index contributed by atoms with van der Waals surface area (Å²) in [5.41, 5.74) is 2.67. The van der Waals surface area contributed by atoms with E-state index in [9.17, 15) is 9.59 Å². The lowest BCUT2D eigenvalue weighted by atomic mass is 10.0. The summed E-state index contributed by atoms with van der Waals surface area (Å²) in [6.07, 6.45) is 0.834. The third-order valence-corrected chi connectivity index (χ3v) is 6.56. The van der Waals surface area contributed by atoms with E-state index in [4.69, 9.17) is 16.6 Å². The molecule has 1 unspecified atom stereocenters. The van der Waals surface area contributed by atoms with Crippen molar-refractivity contribution in [3.63, 3.8) is 0 Å². The standard InChI is InChI=1S/C29H30ClN3O2/c1-19(2)17-18-32(28(34)24-10-6-5-9-20(24)3)21(4)27-31-26-12-8-7-11-25(26)29(35)33(27)23-15-13-22(30)14-16-23/h5-16,19,21H,17-18H2,1-4H3. The molecule has 0 bridgehead atoms. The number of para-hydroxylation sites is 1. The average Bonchev–Trinajstić information content (AvgIpc) is 2.84. The molecular weight excluding hydrogens is 458 g/mol. The lowest BCUT2D eigenvalue weighted by Gasteiger charge is -2.31. The van der Waals surface area contributed by atoms with Crippen molar-refractivity contribution >= 4 is 28.4 Å². The Bertz CT molecular complexity index is 1410. The molecule has 3 aromatic carbocycles. The molecule has 1 amide bonds. The minimum atomic E-state index is -0.450. The number of halogens is 1. The van der Waals surface area contributed by atoms with Crippen LogP contribution in [0.2, 0.25) is 5.02 Å². The molecule has 180 valence electrons. The van der Waals surface area contributed by atoms with Gasteiger partial charge in [0.25, 0.3) is 11.5 Å². The summed E-state index contributed by atoms with van der Waals surface area (Å²) < 4.78 is 1.61. The first-order valence-electron chi connectivity index (χ1n) is 11.9. The molecule has 0 aliphatic heterocycles. The summed E-state index contributed by atoms with van der Waals surface area (Å²) in [5, 5.41) is 1.11. The van der Waals surface area contributed by atoms with Crippen molar-refractivity contribution in [1.82, 2.24) is 14.5 Å². The van der Waals surface area contributed by atoms with Gasteiger partial charge in [-0.2, -0.15) is 0 Å². The molecule has 0 saturated carbocycles. The van der Waals surface area contributed by atoms with Crippen molar-refractivity contribution in [2.45, 2.75) is 40.2 Å². The number of nitrogens with zero attached hydrogens (tertiary/aromatic N) is 3. The minimum absolute atomic E-state index is 0.0682. The maximum absolute atomic E-state index is 13.8. The Balaban J connectivity index is 1.91. The predicted octanol–water partition coefficient (Wildman–Crippen LogP) is 6.60. The topological polar surface area (TPSA) is 55.2 Å². The van der Waals surface area contributed by atoms with Gasteiger partial charge in [-0.05, 0) is 74.2 Å². The van der Waals surface area contributed by atoms with Crippen LogP contribution in [0.25, 0.3) is 16.6 Å². The normalized spacial score (nSPS) is 12.2. The van der Waals surface area contributed by atoms with Crippen molar-refractivity contribution in [3.8, 4) is 5.69 Å². The molecule has 4 rings (SSSR count). The molecule has 0 spiro atoms. The number of carbonyl (C=O) groups is 1. The van der Waals surface area contributed by atoms with Crippen LogP contribution in [0.15, 0.2) is 77.6 Å². The maximum atomic E-state index is 13.8. The number of benzene rings is 3. The SMILES string of the molecule is Cc1ccccc1C(=O)N(CCC(C)C)C(C)c1nc2ccccc2c(=O)n1-c1ccc(Cl)cc1. The molecule has 1 heterocycles. The van der Waals surface area contributed by atoms with Gasteiger partial charge in [-0.3, -0.25) is 14.2 Å². The van der Waals surface area contributed by atoms with E-state index in [1.54, 1.807) is 34.9 Å². The number of rotatable bonds is 7. The zero-order valence-corrected chi connectivity index (χ0v) is 21.3. The van der Waals surface area contributed by atoms with Gasteiger partial charge < -0.3 is 4.90 Å². The van der Waals surface area contributed by atoms with E-state index < -0.39 is 6.04 Å². The van der Waals surface area contributed by atoms with Crippen LogP contribution in [-0.2, 0) is 0 Å². The van der Waals surface area contributed by atoms with Crippen molar-refractivity contribution in [2.24, 2.45) is 5.92 Å². The quantitative estimate of drug-likeness (QED) is 0.295. The lowest BCUT2D eigenvalue weighted by Crippen LogP contribution is -2.38. The van der Waals surface area contributed by atoms with Gasteiger partial charge in [0.1, 0.15) is 5.82 Å². The van der Waals surface area contributed by atoms with E-state index in [1.807, 2.05) is 61.2 Å². The third kappa shape index (κ3) is 5.15. The first-order valence-corrected chi connectivity index (χ1v) is 12.3.